The molecule has 31 heavy (non-hydrogen) atoms. The van der Waals surface area contributed by atoms with Gasteiger partial charge in [0.2, 0.25) is 5.91 Å². The second-order valence-corrected chi connectivity index (χ2v) is 8.61. The van der Waals surface area contributed by atoms with E-state index >= 15 is 0 Å². The standard InChI is InChI=1S/C23H28N4O4/c1-23(2,3)31-20(28)11-16-10-17(27-22(16)29)13-30-18-7-4-14(5-8-18)15-6-9-19(21(24)25)26-12-15/h4-9,12,16-17H,10-11,13H2,1-3H3,(H3,24,25)(H,27,29)/t16-,17-/m0/s1. The molecule has 0 unspecified atom stereocenters. The summed E-state index contributed by atoms with van der Waals surface area (Å²) in [5.41, 5.74) is 7.17. The van der Waals surface area contributed by atoms with Crippen LogP contribution >= 0.6 is 0 Å². The highest BCUT2D eigenvalue weighted by Gasteiger charge is 2.35. The number of hydrogen-bond donors (Lipinski definition) is 3. The minimum atomic E-state index is -0.563. The number of carbonyl (C=O) groups is 2. The highest BCUT2D eigenvalue weighted by Crippen LogP contribution is 2.24. The van der Waals surface area contributed by atoms with Crippen LogP contribution in [0.15, 0.2) is 42.6 Å². The molecule has 1 aromatic heterocycles. The molecular formula is C23H28N4O4. The molecule has 2 aromatic rings. The highest BCUT2D eigenvalue weighted by atomic mass is 16.6. The first-order valence-electron chi connectivity index (χ1n) is 10.2. The lowest BCUT2D eigenvalue weighted by atomic mass is 10.0. The van der Waals surface area contributed by atoms with Crippen molar-refractivity contribution in [3.05, 3.63) is 48.3 Å². The van der Waals surface area contributed by atoms with Gasteiger partial charge in [-0.15, -0.1) is 0 Å². The summed E-state index contributed by atoms with van der Waals surface area (Å²) in [7, 11) is 0. The Bertz CT molecular complexity index is 949. The van der Waals surface area contributed by atoms with Crippen LogP contribution in [0.5, 0.6) is 5.75 Å². The lowest BCUT2D eigenvalue weighted by molar-refractivity contribution is -0.156. The van der Waals surface area contributed by atoms with Crippen molar-refractivity contribution in [1.82, 2.24) is 10.3 Å². The average molecular weight is 425 g/mol. The van der Waals surface area contributed by atoms with Gasteiger partial charge in [0.05, 0.1) is 18.4 Å². The summed E-state index contributed by atoms with van der Waals surface area (Å²) >= 11 is 0. The van der Waals surface area contributed by atoms with Gasteiger partial charge in [-0.1, -0.05) is 18.2 Å². The fraction of sp³-hybridized carbons (Fsp3) is 0.391. The SMILES string of the molecule is CC(C)(C)OC(=O)C[C@@H]1C[C@@H](COc2ccc(-c3ccc(C(=N)N)nc3)cc2)NC1=O. The average Bonchev–Trinajstić information content (AvgIpc) is 3.04. The van der Waals surface area contributed by atoms with Crippen LogP contribution in [0.4, 0.5) is 0 Å². The maximum atomic E-state index is 12.2. The number of pyridine rings is 1. The summed E-state index contributed by atoms with van der Waals surface area (Å²) in [5.74, 6) is -0.284. The van der Waals surface area contributed by atoms with Gasteiger partial charge in [-0.3, -0.25) is 20.0 Å². The van der Waals surface area contributed by atoms with Crippen molar-refractivity contribution in [2.75, 3.05) is 6.61 Å². The first kappa shape index (κ1) is 22.3. The predicted octanol–water partition coefficient (Wildman–Crippen LogP) is 2.65. The van der Waals surface area contributed by atoms with Crippen molar-refractivity contribution in [3.63, 3.8) is 0 Å². The lowest BCUT2D eigenvalue weighted by Gasteiger charge is -2.20. The Labute approximate surface area is 181 Å². The number of amides is 1. The lowest BCUT2D eigenvalue weighted by Crippen LogP contribution is -2.31. The zero-order valence-electron chi connectivity index (χ0n) is 18.0. The van der Waals surface area contributed by atoms with Crippen molar-refractivity contribution in [2.45, 2.75) is 45.3 Å². The number of amidine groups is 1. The van der Waals surface area contributed by atoms with E-state index in [1.54, 1.807) is 33.0 Å². The number of ether oxygens (including phenoxy) is 2. The molecule has 8 nitrogen and oxygen atoms in total. The number of rotatable bonds is 7. The van der Waals surface area contributed by atoms with Crippen molar-refractivity contribution in [2.24, 2.45) is 11.7 Å². The summed E-state index contributed by atoms with van der Waals surface area (Å²) in [5, 5.41) is 10.3. The number of nitrogens with zero attached hydrogens (tertiary/aromatic N) is 1. The van der Waals surface area contributed by atoms with Crippen LogP contribution in [0.2, 0.25) is 0 Å². The molecule has 3 rings (SSSR count). The molecule has 2 heterocycles. The summed E-state index contributed by atoms with van der Waals surface area (Å²) in [6.45, 7) is 5.74. The Hall–Kier alpha value is -3.42. The van der Waals surface area contributed by atoms with E-state index in [0.29, 0.717) is 24.5 Å². The van der Waals surface area contributed by atoms with E-state index in [4.69, 9.17) is 20.6 Å². The zero-order chi connectivity index (χ0) is 22.6. The summed E-state index contributed by atoms with van der Waals surface area (Å²) in [6, 6.07) is 10.9. The van der Waals surface area contributed by atoms with Crippen LogP contribution < -0.4 is 15.8 Å². The number of esters is 1. The van der Waals surface area contributed by atoms with E-state index in [-0.39, 0.29) is 30.2 Å². The van der Waals surface area contributed by atoms with Gasteiger partial charge in [0.25, 0.3) is 0 Å². The molecule has 1 fully saturated rings. The van der Waals surface area contributed by atoms with E-state index in [9.17, 15) is 9.59 Å². The third kappa shape index (κ3) is 6.28. The summed E-state index contributed by atoms with van der Waals surface area (Å²) in [6.07, 6.45) is 2.28. The number of benzene rings is 1. The molecule has 1 aromatic carbocycles. The smallest absolute Gasteiger partial charge is 0.307 e. The van der Waals surface area contributed by atoms with E-state index < -0.39 is 11.5 Å². The summed E-state index contributed by atoms with van der Waals surface area (Å²) in [4.78, 5) is 28.3. The monoisotopic (exact) mass is 424 g/mol. The molecule has 1 saturated heterocycles. The minimum Gasteiger partial charge on any atom is -0.491 e. The Morgan fingerprint density at radius 1 is 1.19 bits per heavy atom. The van der Waals surface area contributed by atoms with Crippen molar-refractivity contribution in [3.8, 4) is 16.9 Å². The molecule has 164 valence electrons. The topological polar surface area (TPSA) is 127 Å². The van der Waals surface area contributed by atoms with Gasteiger partial charge >= 0.3 is 5.97 Å². The fourth-order valence-corrected chi connectivity index (χ4v) is 3.36. The highest BCUT2D eigenvalue weighted by molar-refractivity contribution is 5.93. The van der Waals surface area contributed by atoms with Crippen LogP contribution in [-0.2, 0) is 14.3 Å². The number of carbonyl (C=O) groups excluding carboxylic acids is 2. The molecule has 1 aliphatic heterocycles. The van der Waals surface area contributed by atoms with Gasteiger partial charge in [-0.05, 0) is 51.0 Å². The number of aromatic nitrogens is 1. The first-order chi connectivity index (χ1) is 14.6. The van der Waals surface area contributed by atoms with Crippen molar-refractivity contribution < 1.29 is 19.1 Å². The van der Waals surface area contributed by atoms with Crippen LogP contribution in [0.3, 0.4) is 0 Å². The van der Waals surface area contributed by atoms with Crippen LogP contribution in [0.25, 0.3) is 11.1 Å². The van der Waals surface area contributed by atoms with Gasteiger partial charge < -0.3 is 20.5 Å². The minimum absolute atomic E-state index is 0.0670. The molecule has 1 amide bonds. The second kappa shape index (κ2) is 9.16. The van der Waals surface area contributed by atoms with Crippen LogP contribution in [0, 0.1) is 11.3 Å². The molecule has 0 aliphatic carbocycles. The first-order valence-corrected chi connectivity index (χ1v) is 10.2. The van der Waals surface area contributed by atoms with Crippen LogP contribution in [0.1, 0.15) is 39.3 Å². The van der Waals surface area contributed by atoms with Gasteiger partial charge in [-0.2, -0.15) is 0 Å². The third-order valence-electron chi connectivity index (χ3n) is 4.80. The van der Waals surface area contributed by atoms with Gasteiger partial charge in [0.1, 0.15) is 29.5 Å². The largest absolute Gasteiger partial charge is 0.491 e. The number of nitrogens with two attached hydrogens (primary N) is 1. The third-order valence-corrected chi connectivity index (χ3v) is 4.80. The normalized spacial score (nSPS) is 18.4. The Kier molecular flexibility index (Phi) is 6.58. The second-order valence-electron chi connectivity index (χ2n) is 8.61. The molecular weight excluding hydrogens is 396 g/mol. The van der Waals surface area contributed by atoms with Gasteiger partial charge in [0.15, 0.2) is 0 Å². The van der Waals surface area contributed by atoms with E-state index in [1.165, 1.54) is 0 Å². The van der Waals surface area contributed by atoms with E-state index in [1.807, 2.05) is 30.3 Å². The van der Waals surface area contributed by atoms with E-state index in [0.717, 1.165) is 11.1 Å². The summed E-state index contributed by atoms with van der Waals surface area (Å²) < 4.78 is 11.1. The Balaban J connectivity index is 1.51. The molecule has 0 bridgehead atoms. The molecule has 0 spiro atoms. The Morgan fingerprint density at radius 3 is 2.45 bits per heavy atom. The molecule has 4 N–H and O–H groups in total. The molecule has 0 saturated carbocycles. The van der Waals surface area contributed by atoms with Crippen molar-refractivity contribution >= 4 is 17.7 Å². The van der Waals surface area contributed by atoms with Crippen LogP contribution in [-0.4, -0.2) is 40.9 Å². The van der Waals surface area contributed by atoms with Crippen molar-refractivity contribution in [1.29, 1.82) is 5.41 Å². The maximum Gasteiger partial charge on any atom is 0.307 e. The Morgan fingerprint density at radius 2 is 1.87 bits per heavy atom. The molecule has 1 aliphatic rings. The van der Waals surface area contributed by atoms with Gasteiger partial charge in [-0.25, -0.2) is 0 Å². The molecule has 2 atom stereocenters. The molecule has 8 heteroatoms. The molecule has 0 radical (unpaired) electrons. The number of nitrogens with one attached hydrogen (secondary N) is 2. The van der Waals surface area contributed by atoms with E-state index in [2.05, 4.69) is 10.3 Å². The predicted molar refractivity (Wildman–Crippen MR) is 117 cm³/mol. The maximum absolute atomic E-state index is 12.2. The quantitative estimate of drug-likeness (QED) is 0.356. The number of nitrogen functional groups attached to an aromatic ring is 1. The number of hydrogen-bond acceptors (Lipinski definition) is 6. The fourth-order valence-electron chi connectivity index (χ4n) is 3.36. The zero-order valence-corrected chi connectivity index (χ0v) is 18.0. The van der Waals surface area contributed by atoms with Gasteiger partial charge in [0, 0.05) is 11.8 Å².